The highest BCUT2D eigenvalue weighted by Gasteiger charge is 2.17. The summed E-state index contributed by atoms with van der Waals surface area (Å²) in [6, 6.07) is 12.2. The molecule has 1 atom stereocenters. The molecular formula is C15H14Cl2N2O2. The largest absolute Gasteiger partial charge is 0.306 e. The van der Waals surface area contributed by atoms with Crippen molar-refractivity contribution in [3.05, 3.63) is 73.8 Å². The molecule has 4 nitrogen and oxygen atoms in total. The van der Waals surface area contributed by atoms with Gasteiger partial charge in [-0.3, -0.25) is 10.1 Å². The Morgan fingerprint density at radius 2 is 1.95 bits per heavy atom. The van der Waals surface area contributed by atoms with Crippen molar-refractivity contribution < 1.29 is 4.92 Å². The molecule has 2 aromatic rings. The van der Waals surface area contributed by atoms with Crippen molar-refractivity contribution in [1.82, 2.24) is 5.32 Å². The van der Waals surface area contributed by atoms with Crippen molar-refractivity contribution >= 4 is 28.9 Å². The van der Waals surface area contributed by atoms with Gasteiger partial charge in [0, 0.05) is 23.7 Å². The normalized spacial score (nSPS) is 12.1. The van der Waals surface area contributed by atoms with Gasteiger partial charge in [0.2, 0.25) is 0 Å². The van der Waals surface area contributed by atoms with Crippen LogP contribution >= 0.6 is 23.2 Å². The lowest BCUT2D eigenvalue weighted by Gasteiger charge is -2.15. The van der Waals surface area contributed by atoms with Crippen molar-refractivity contribution in [2.24, 2.45) is 0 Å². The number of hydrogen-bond acceptors (Lipinski definition) is 3. The average molecular weight is 325 g/mol. The molecule has 6 heteroatoms. The number of halogens is 2. The molecule has 2 aromatic carbocycles. The minimum atomic E-state index is -0.424. The molecule has 1 unspecified atom stereocenters. The summed E-state index contributed by atoms with van der Waals surface area (Å²) in [6.45, 7) is 2.28. The van der Waals surface area contributed by atoms with Crippen LogP contribution in [0.2, 0.25) is 10.0 Å². The second kappa shape index (κ2) is 6.89. The van der Waals surface area contributed by atoms with Gasteiger partial charge in [-0.1, -0.05) is 41.4 Å². The highest BCUT2D eigenvalue weighted by atomic mass is 35.5. The third-order valence-corrected chi connectivity index (χ3v) is 3.81. The molecule has 110 valence electrons. The molecule has 0 amide bonds. The molecule has 0 aromatic heterocycles. The Labute approximate surface area is 132 Å². The topological polar surface area (TPSA) is 55.2 Å². The first-order valence-corrected chi connectivity index (χ1v) is 7.15. The van der Waals surface area contributed by atoms with Gasteiger partial charge in [0.1, 0.15) is 0 Å². The number of hydrogen-bond donors (Lipinski definition) is 1. The highest BCUT2D eigenvalue weighted by molar-refractivity contribution is 6.31. The van der Waals surface area contributed by atoms with E-state index < -0.39 is 4.92 Å². The van der Waals surface area contributed by atoms with E-state index in [1.807, 2.05) is 25.1 Å². The third-order valence-electron chi connectivity index (χ3n) is 3.22. The SMILES string of the molecule is CC(NCc1c(Cl)cccc1[N+](=O)[O-])c1cccc(Cl)c1. The Hall–Kier alpha value is -1.62. The van der Waals surface area contributed by atoms with Crippen LogP contribution in [0, 0.1) is 10.1 Å². The van der Waals surface area contributed by atoms with Gasteiger partial charge in [-0.2, -0.15) is 0 Å². The Balaban J connectivity index is 2.15. The lowest BCUT2D eigenvalue weighted by molar-refractivity contribution is -0.385. The van der Waals surface area contributed by atoms with Gasteiger partial charge in [0.15, 0.2) is 0 Å². The van der Waals surface area contributed by atoms with Crippen LogP contribution in [0.4, 0.5) is 5.69 Å². The van der Waals surface area contributed by atoms with Gasteiger partial charge < -0.3 is 5.32 Å². The summed E-state index contributed by atoms with van der Waals surface area (Å²) in [5.41, 5.74) is 1.52. The zero-order valence-corrected chi connectivity index (χ0v) is 12.9. The lowest BCUT2D eigenvalue weighted by atomic mass is 10.1. The molecule has 0 radical (unpaired) electrons. The van der Waals surface area contributed by atoms with Gasteiger partial charge in [0.05, 0.1) is 15.5 Å². The molecule has 0 fully saturated rings. The highest BCUT2D eigenvalue weighted by Crippen LogP contribution is 2.27. The maximum atomic E-state index is 11.0. The van der Waals surface area contributed by atoms with E-state index in [0.717, 1.165) is 5.56 Å². The van der Waals surface area contributed by atoms with E-state index in [9.17, 15) is 10.1 Å². The first-order valence-electron chi connectivity index (χ1n) is 6.39. The Kier molecular flexibility index (Phi) is 5.17. The van der Waals surface area contributed by atoms with Gasteiger partial charge >= 0.3 is 0 Å². The summed E-state index contributed by atoms with van der Waals surface area (Å²) in [6.07, 6.45) is 0. The molecule has 21 heavy (non-hydrogen) atoms. The van der Waals surface area contributed by atoms with Gasteiger partial charge in [-0.15, -0.1) is 0 Å². The first-order chi connectivity index (χ1) is 9.99. The quantitative estimate of drug-likeness (QED) is 0.637. The summed E-state index contributed by atoms with van der Waals surface area (Å²) in [4.78, 5) is 10.6. The van der Waals surface area contributed by atoms with Crippen LogP contribution in [-0.2, 0) is 6.54 Å². The molecule has 2 rings (SSSR count). The number of nitrogens with zero attached hydrogens (tertiary/aromatic N) is 1. The third kappa shape index (κ3) is 3.94. The second-order valence-corrected chi connectivity index (χ2v) is 5.50. The van der Waals surface area contributed by atoms with Crippen molar-refractivity contribution in [3.8, 4) is 0 Å². The van der Waals surface area contributed by atoms with Crippen LogP contribution in [-0.4, -0.2) is 4.92 Å². The number of benzene rings is 2. The Bertz CT molecular complexity index is 662. The van der Waals surface area contributed by atoms with E-state index in [4.69, 9.17) is 23.2 Å². The minimum Gasteiger partial charge on any atom is -0.306 e. The zero-order valence-electron chi connectivity index (χ0n) is 11.3. The maximum absolute atomic E-state index is 11.0. The van der Waals surface area contributed by atoms with Crippen LogP contribution < -0.4 is 5.32 Å². The summed E-state index contributed by atoms with van der Waals surface area (Å²) < 4.78 is 0. The maximum Gasteiger partial charge on any atom is 0.275 e. The van der Waals surface area contributed by atoms with Crippen molar-refractivity contribution in [3.63, 3.8) is 0 Å². The zero-order chi connectivity index (χ0) is 15.4. The average Bonchev–Trinajstić information content (AvgIpc) is 2.45. The standard InChI is InChI=1S/C15H14Cl2N2O2/c1-10(11-4-2-5-12(16)8-11)18-9-13-14(17)6-3-7-15(13)19(20)21/h2-8,10,18H,9H2,1H3. The van der Waals surface area contributed by atoms with Crippen LogP contribution in [0.25, 0.3) is 0 Å². The lowest BCUT2D eigenvalue weighted by Crippen LogP contribution is -2.19. The van der Waals surface area contributed by atoms with Crippen molar-refractivity contribution in [2.75, 3.05) is 0 Å². The Morgan fingerprint density at radius 1 is 1.24 bits per heavy atom. The smallest absolute Gasteiger partial charge is 0.275 e. The van der Waals surface area contributed by atoms with Crippen molar-refractivity contribution in [2.45, 2.75) is 19.5 Å². The summed E-state index contributed by atoms with van der Waals surface area (Å²) in [7, 11) is 0. The van der Waals surface area contributed by atoms with Gasteiger partial charge in [-0.25, -0.2) is 0 Å². The minimum absolute atomic E-state index is 0.000392. The van der Waals surface area contributed by atoms with E-state index >= 15 is 0 Å². The van der Waals surface area contributed by atoms with E-state index in [2.05, 4.69) is 5.32 Å². The fraction of sp³-hybridized carbons (Fsp3) is 0.200. The van der Waals surface area contributed by atoms with Crippen LogP contribution in [0.1, 0.15) is 24.1 Å². The summed E-state index contributed by atoms with van der Waals surface area (Å²) in [5.74, 6) is 0. The van der Waals surface area contributed by atoms with E-state index in [-0.39, 0.29) is 11.7 Å². The van der Waals surface area contributed by atoms with E-state index in [1.54, 1.807) is 18.2 Å². The number of nitrogens with one attached hydrogen (secondary N) is 1. The molecular weight excluding hydrogens is 311 g/mol. The fourth-order valence-corrected chi connectivity index (χ4v) is 2.48. The number of rotatable bonds is 5. The predicted molar refractivity (Wildman–Crippen MR) is 84.8 cm³/mol. The molecule has 0 heterocycles. The van der Waals surface area contributed by atoms with Gasteiger partial charge in [0.25, 0.3) is 5.69 Å². The molecule has 0 aliphatic carbocycles. The molecule has 0 saturated carbocycles. The van der Waals surface area contributed by atoms with Crippen LogP contribution in [0.3, 0.4) is 0 Å². The van der Waals surface area contributed by atoms with Crippen molar-refractivity contribution in [1.29, 1.82) is 0 Å². The molecule has 0 aliphatic rings. The van der Waals surface area contributed by atoms with Crippen LogP contribution in [0.15, 0.2) is 42.5 Å². The summed E-state index contributed by atoms with van der Waals surface area (Å²) in [5, 5.41) is 15.3. The monoisotopic (exact) mass is 324 g/mol. The van der Waals surface area contributed by atoms with Gasteiger partial charge in [-0.05, 0) is 30.7 Å². The van der Waals surface area contributed by atoms with E-state index in [1.165, 1.54) is 6.07 Å². The van der Waals surface area contributed by atoms with Crippen LogP contribution in [0.5, 0.6) is 0 Å². The molecule has 0 bridgehead atoms. The predicted octanol–water partition coefficient (Wildman–Crippen LogP) is 4.75. The van der Waals surface area contributed by atoms with E-state index in [0.29, 0.717) is 22.2 Å². The Morgan fingerprint density at radius 3 is 2.62 bits per heavy atom. The molecule has 1 N–H and O–H groups in total. The second-order valence-electron chi connectivity index (χ2n) is 4.65. The number of nitro benzene ring substituents is 1. The number of nitro groups is 1. The molecule has 0 saturated heterocycles. The molecule has 0 spiro atoms. The first kappa shape index (κ1) is 15.8. The fourth-order valence-electron chi connectivity index (χ4n) is 2.04. The summed E-state index contributed by atoms with van der Waals surface area (Å²) >= 11 is 12.0. The molecule has 0 aliphatic heterocycles.